The Kier molecular flexibility index (Phi) is 58.6. The lowest BCUT2D eigenvalue weighted by Crippen LogP contribution is -2.30. The minimum Gasteiger partial charge on any atom is -0.462 e. The summed E-state index contributed by atoms with van der Waals surface area (Å²) >= 11 is 0. The highest BCUT2D eigenvalue weighted by Crippen LogP contribution is 2.19. The van der Waals surface area contributed by atoms with E-state index in [1.54, 1.807) is 0 Å². The summed E-state index contributed by atoms with van der Waals surface area (Å²) < 4.78 is 16.9. The van der Waals surface area contributed by atoms with E-state index in [0.717, 1.165) is 57.8 Å². The number of carbonyl (C=O) groups excluding carboxylic acids is 3. The van der Waals surface area contributed by atoms with E-state index in [1.165, 1.54) is 276 Å². The van der Waals surface area contributed by atoms with E-state index < -0.39 is 6.10 Å². The van der Waals surface area contributed by atoms with Crippen LogP contribution in [0.5, 0.6) is 0 Å². The minimum atomic E-state index is -0.762. The smallest absolute Gasteiger partial charge is 0.306 e. The summed E-state index contributed by atoms with van der Waals surface area (Å²) in [6, 6.07) is 0. The van der Waals surface area contributed by atoms with Crippen molar-refractivity contribution in [2.24, 2.45) is 0 Å². The fourth-order valence-electron chi connectivity index (χ4n) is 10.0. The van der Waals surface area contributed by atoms with E-state index in [9.17, 15) is 14.4 Å². The lowest BCUT2D eigenvalue weighted by molar-refractivity contribution is -0.167. The third-order valence-corrected chi connectivity index (χ3v) is 14.9. The maximum Gasteiger partial charge on any atom is 0.306 e. The second-order valence-electron chi connectivity index (χ2n) is 22.1. The molecule has 0 radical (unpaired) electrons. The number of rotatable bonds is 60. The molecule has 0 saturated carbocycles. The number of esters is 3. The molecule has 1 unspecified atom stereocenters. The molecule has 0 fully saturated rings. The Morgan fingerprint density at radius 1 is 0.229 bits per heavy atom. The molecule has 0 aliphatic rings. The molecule has 0 aromatic heterocycles. The molecule has 0 rings (SSSR count). The zero-order valence-electron chi connectivity index (χ0n) is 47.8. The van der Waals surface area contributed by atoms with E-state index in [2.05, 4.69) is 20.8 Å². The van der Waals surface area contributed by atoms with Crippen LogP contribution >= 0.6 is 0 Å². The Hall–Kier alpha value is -1.59. The van der Waals surface area contributed by atoms with Crippen molar-refractivity contribution < 1.29 is 28.6 Å². The fourth-order valence-corrected chi connectivity index (χ4v) is 10.0. The molecular formula is C64H124O6. The monoisotopic (exact) mass is 989 g/mol. The molecule has 416 valence electrons. The van der Waals surface area contributed by atoms with Crippen LogP contribution in [0.1, 0.15) is 374 Å². The second-order valence-corrected chi connectivity index (χ2v) is 22.1. The summed E-state index contributed by atoms with van der Waals surface area (Å²) in [6.45, 7) is 6.72. The predicted molar refractivity (Wildman–Crippen MR) is 303 cm³/mol. The van der Waals surface area contributed by atoms with Gasteiger partial charge >= 0.3 is 17.9 Å². The molecule has 6 nitrogen and oxygen atoms in total. The maximum atomic E-state index is 12.9. The van der Waals surface area contributed by atoms with Gasteiger partial charge in [-0.3, -0.25) is 14.4 Å². The van der Waals surface area contributed by atoms with Crippen LogP contribution in [0.2, 0.25) is 0 Å². The molecule has 0 saturated heterocycles. The molecule has 0 bridgehead atoms. The van der Waals surface area contributed by atoms with E-state index in [-0.39, 0.29) is 31.1 Å². The Labute approximate surface area is 438 Å². The van der Waals surface area contributed by atoms with Crippen molar-refractivity contribution in [3.63, 3.8) is 0 Å². The van der Waals surface area contributed by atoms with Gasteiger partial charge in [-0.15, -0.1) is 0 Å². The zero-order chi connectivity index (χ0) is 50.7. The van der Waals surface area contributed by atoms with Crippen LogP contribution in [0.4, 0.5) is 0 Å². The van der Waals surface area contributed by atoms with E-state index >= 15 is 0 Å². The van der Waals surface area contributed by atoms with Crippen LogP contribution < -0.4 is 0 Å². The molecule has 0 aliphatic heterocycles. The number of unbranched alkanes of at least 4 members (excludes halogenated alkanes) is 49. The van der Waals surface area contributed by atoms with E-state index in [4.69, 9.17) is 14.2 Å². The van der Waals surface area contributed by atoms with Gasteiger partial charge in [0.15, 0.2) is 6.10 Å². The normalized spacial score (nSPS) is 11.9. The molecule has 0 N–H and O–H groups in total. The highest BCUT2D eigenvalue weighted by atomic mass is 16.6. The number of hydrogen-bond donors (Lipinski definition) is 0. The second kappa shape index (κ2) is 60.0. The van der Waals surface area contributed by atoms with Crippen LogP contribution in [-0.4, -0.2) is 37.2 Å². The van der Waals surface area contributed by atoms with Gasteiger partial charge in [0.1, 0.15) is 13.2 Å². The van der Waals surface area contributed by atoms with Gasteiger partial charge in [-0.25, -0.2) is 0 Å². The third kappa shape index (κ3) is 57.3. The van der Waals surface area contributed by atoms with Crippen molar-refractivity contribution in [2.45, 2.75) is 380 Å². The molecule has 0 aromatic carbocycles. The molecule has 6 heteroatoms. The van der Waals surface area contributed by atoms with E-state index in [1.807, 2.05) is 0 Å². The molecule has 0 spiro atoms. The first-order chi connectivity index (χ1) is 34.5. The average Bonchev–Trinajstić information content (AvgIpc) is 3.36. The highest BCUT2D eigenvalue weighted by molar-refractivity contribution is 5.71. The van der Waals surface area contributed by atoms with Gasteiger partial charge in [0.25, 0.3) is 0 Å². The molecular weight excluding hydrogens is 865 g/mol. The van der Waals surface area contributed by atoms with Crippen LogP contribution in [0, 0.1) is 0 Å². The SMILES string of the molecule is CCCCCCCCCCCCCCCCCCCCCCCC(=O)OCC(COC(=O)CCCCCCCCCCCCC)OC(=O)CCCCCCCCCCCCCCCCCCCCCC. The summed E-state index contributed by atoms with van der Waals surface area (Å²) in [4.78, 5) is 38.2. The van der Waals surface area contributed by atoms with Gasteiger partial charge in [0.2, 0.25) is 0 Å². The first-order valence-electron chi connectivity index (χ1n) is 32.0. The summed E-state index contributed by atoms with van der Waals surface area (Å²) in [7, 11) is 0. The molecule has 0 heterocycles. The van der Waals surface area contributed by atoms with Gasteiger partial charge in [0.05, 0.1) is 0 Å². The number of carbonyl (C=O) groups is 3. The van der Waals surface area contributed by atoms with Crippen LogP contribution in [-0.2, 0) is 28.6 Å². The highest BCUT2D eigenvalue weighted by Gasteiger charge is 2.19. The molecule has 0 aromatic rings. The topological polar surface area (TPSA) is 78.9 Å². The van der Waals surface area contributed by atoms with Crippen molar-refractivity contribution in [3.8, 4) is 0 Å². The Morgan fingerprint density at radius 3 is 0.571 bits per heavy atom. The standard InChI is InChI=1S/C64H124O6/c1-4-7-10-13-16-19-22-24-26-28-30-32-34-35-37-39-42-45-48-51-54-57-63(66)69-60-61(59-68-62(65)56-53-50-47-44-41-21-18-15-12-9-6-3)70-64(67)58-55-52-49-46-43-40-38-36-33-31-29-27-25-23-20-17-14-11-8-5-2/h61H,4-60H2,1-3H3. The van der Waals surface area contributed by atoms with Crippen molar-refractivity contribution in [2.75, 3.05) is 13.2 Å². The molecule has 70 heavy (non-hydrogen) atoms. The first kappa shape index (κ1) is 68.4. The van der Waals surface area contributed by atoms with Gasteiger partial charge in [-0.1, -0.05) is 335 Å². The lowest BCUT2D eigenvalue weighted by Gasteiger charge is -2.18. The van der Waals surface area contributed by atoms with E-state index in [0.29, 0.717) is 19.3 Å². The van der Waals surface area contributed by atoms with Gasteiger partial charge in [-0.05, 0) is 19.3 Å². The Morgan fingerprint density at radius 2 is 0.386 bits per heavy atom. The summed E-state index contributed by atoms with van der Waals surface area (Å²) in [5, 5.41) is 0. The molecule has 1 atom stereocenters. The van der Waals surface area contributed by atoms with Gasteiger partial charge in [0, 0.05) is 19.3 Å². The van der Waals surface area contributed by atoms with Crippen LogP contribution in [0.25, 0.3) is 0 Å². The fraction of sp³-hybridized carbons (Fsp3) is 0.953. The summed E-state index contributed by atoms with van der Waals surface area (Å²) in [5.41, 5.74) is 0. The van der Waals surface area contributed by atoms with Crippen molar-refractivity contribution in [1.82, 2.24) is 0 Å². The number of hydrogen-bond acceptors (Lipinski definition) is 6. The van der Waals surface area contributed by atoms with Crippen LogP contribution in [0.3, 0.4) is 0 Å². The average molecular weight is 990 g/mol. The maximum absolute atomic E-state index is 12.9. The predicted octanol–water partition coefficient (Wildman–Crippen LogP) is 21.5. The largest absolute Gasteiger partial charge is 0.462 e. The minimum absolute atomic E-state index is 0.0607. The Balaban J connectivity index is 4.20. The third-order valence-electron chi connectivity index (χ3n) is 14.9. The molecule has 0 amide bonds. The quantitative estimate of drug-likeness (QED) is 0.0343. The Bertz CT molecular complexity index is 1040. The van der Waals surface area contributed by atoms with Crippen LogP contribution in [0.15, 0.2) is 0 Å². The summed E-state index contributed by atoms with van der Waals surface area (Å²) in [6.07, 6.45) is 68.3. The van der Waals surface area contributed by atoms with Crippen molar-refractivity contribution in [3.05, 3.63) is 0 Å². The van der Waals surface area contributed by atoms with Crippen molar-refractivity contribution >= 4 is 17.9 Å². The lowest BCUT2D eigenvalue weighted by atomic mass is 10.0. The van der Waals surface area contributed by atoms with Crippen molar-refractivity contribution in [1.29, 1.82) is 0 Å². The summed E-state index contributed by atoms with van der Waals surface area (Å²) in [5.74, 6) is -0.827. The molecule has 0 aliphatic carbocycles. The zero-order valence-corrected chi connectivity index (χ0v) is 47.8. The first-order valence-corrected chi connectivity index (χ1v) is 32.0. The van der Waals surface area contributed by atoms with Gasteiger partial charge in [-0.2, -0.15) is 0 Å². The number of ether oxygens (including phenoxy) is 3. The van der Waals surface area contributed by atoms with Gasteiger partial charge < -0.3 is 14.2 Å².